The van der Waals surface area contributed by atoms with Crippen molar-refractivity contribution in [3.8, 4) is 0 Å². The number of aliphatic hydroxyl groups is 2. The van der Waals surface area contributed by atoms with Gasteiger partial charge in [0.1, 0.15) is 0 Å². The van der Waals surface area contributed by atoms with Gasteiger partial charge in [-0.1, -0.05) is 38.2 Å². The highest BCUT2D eigenvalue weighted by atomic mass is 16.4. The van der Waals surface area contributed by atoms with Crippen LogP contribution in [-0.4, -0.2) is 33.5 Å². The van der Waals surface area contributed by atoms with Crippen LogP contribution in [0, 0.1) is 23.2 Å². The number of fused-ring (bicyclic) bond motifs is 1. The Morgan fingerprint density at radius 3 is 2.78 bits per heavy atom. The lowest BCUT2D eigenvalue weighted by molar-refractivity contribution is -0.138. The smallest absolute Gasteiger partial charge is 0.303 e. The van der Waals surface area contributed by atoms with E-state index in [1.807, 2.05) is 0 Å². The Labute approximate surface area is 162 Å². The molecule has 150 valence electrons. The Hall–Kier alpha value is -1.39. The molecule has 6 atom stereocenters. The first-order valence-electron chi connectivity index (χ1n) is 10.4. The quantitative estimate of drug-likeness (QED) is 0.688. The van der Waals surface area contributed by atoms with E-state index in [2.05, 4.69) is 32.6 Å². The second-order valence-electron chi connectivity index (χ2n) is 9.24. The van der Waals surface area contributed by atoms with Gasteiger partial charge in [-0.15, -0.1) is 0 Å². The van der Waals surface area contributed by atoms with Gasteiger partial charge in [-0.3, -0.25) is 4.79 Å². The van der Waals surface area contributed by atoms with Crippen LogP contribution in [0.4, 0.5) is 0 Å². The minimum Gasteiger partial charge on any atom is -0.481 e. The van der Waals surface area contributed by atoms with Crippen LogP contribution in [0.15, 0.2) is 35.5 Å². The van der Waals surface area contributed by atoms with Crippen molar-refractivity contribution in [3.05, 3.63) is 35.5 Å². The van der Waals surface area contributed by atoms with Gasteiger partial charge < -0.3 is 15.3 Å². The highest BCUT2D eigenvalue weighted by Crippen LogP contribution is 2.59. The van der Waals surface area contributed by atoms with E-state index in [1.54, 1.807) is 0 Å². The van der Waals surface area contributed by atoms with Crippen LogP contribution < -0.4 is 0 Å². The van der Waals surface area contributed by atoms with E-state index in [9.17, 15) is 20.1 Å². The van der Waals surface area contributed by atoms with E-state index in [4.69, 9.17) is 0 Å². The molecule has 0 bridgehead atoms. The van der Waals surface area contributed by atoms with Crippen LogP contribution in [0.2, 0.25) is 0 Å². The summed E-state index contributed by atoms with van der Waals surface area (Å²) in [6, 6.07) is 0. The molecule has 3 saturated carbocycles. The number of aliphatic carboxylic acids is 1. The Kier molecular flexibility index (Phi) is 5.97. The summed E-state index contributed by atoms with van der Waals surface area (Å²) in [5.74, 6) is 0.483. The fourth-order valence-electron chi connectivity index (χ4n) is 6.10. The van der Waals surface area contributed by atoms with Crippen molar-refractivity contribution in [3.63, 3.8) is 0 Å². The molecule has 0 unspecified atom stereocenters. The molecule has 0 aliphatic heterocycles. The highest BCUT2D eigenvalue weighted by Gasteiger charge is 2.50. The molecule has 0 heterocycles. The van der Waals surface area contributed by atoms with Crippen LogP contribution in [0.25, 0.3) is 0 Å². The van der Waals surface area contributed by atoms with Crippen LogP contribution in [-0.2, 0) is 4.79 Å². The number of carbonyl (C=O) groups is 1. The third-order valence-corrected chi connectivity index (χ3v) is 7.49. The summed E-state index contributed by atoms with van der Waals surface area (Å²) in [6.07, 6.45) is 9.93. The monoisotopic (exact) mass is 374 g/mol. The molecule has 0 saturated heterocycles. The van der Waals surface area contributed by atoms with Gasteiger partial charge in [-0.05, 0) is 72.8 Å². The van der Waals surface area contributed by atoms with E-state index in [1.165, 1.54) is 12.0 Å². The van der Waals surface area contributed by atoms with Crippen LogP contribution in [0.5, 0.6) is 0 Å². The fraction of sp³-hybridized carbons (Fsp3) is 0.696. The molecule has 3 fully saturated rings. The predicted octanol–water partition coefficient (Wildman–Crippen LogP) is 4.24. The molecular formula is C23H34O4. The van der Waals surface area contributed by atoms with Gasteiger partial charge in [0.2, 0.25) is 0 Å². The van der Waals surface area contributed by atoms with Crippen molar-refractivity contribution in [2.75, 3.05) is 0 Å². The number of hydrogen-bond donors (Lipinski definition) is 3. The number of carboxylic acid groups (broad SMARTS) is 1. The molecule has 0 spiro atoms. The summed E-state index contributed by atoms with van der Waals surface area (Å²) < 4.78 is 0. The van der Waals surface area contributed by atoms with E-state index in [-0.39, 0.29) is 17.8 Å². The largest absolute Gasteiger partial charge is 0.481 e. The number of hydrogen-bond acceptors (Lipinski definition) is 3. The summed E-state index contributed by atoms with van der Waals surface area (Å²) in [4.78, 5) is 11.2. The maximum Gasteiger partial charge on any atom is 0.303 e. The summed E-state index contributed by atoms with van der Waals surface area (Å²) in [5, 5.41) is 29.2. The van der Waals surface area contributed by atoms with Crippen molar-refractivity contribution in [2.24, 2.45) is 23.2 Å². The Morgan fingerprint density at radius 1 is 1.33 bits per heavy atom. The van der Waals surface area contributed by atoms with Crippen molar-refractivity contribution in [1.82, 2.24) is 0 Å². The summed E-state index contributed by atoms with van der Waals surface area (Å²) in [7, 11) is 0. The standard InChI is InChI=1S/C23H34O4/c1-14(11-22(26)27)19-8-9-20-16(5-4-10-23(19,20)3)6-7-17-12-18(24)13-21(25)15(17)2/h6-7,14,18-21,24-25H,2,4-5,8-13H2,1,3H3,(H,26,27)/t14-,18-,19-,20+,21+,23-/m1/s1. The Morgan fingerprint density at radius 2 is 2.07 bits per heavy atom. The number of allylic oxidation sites excluding steroid dienone is 3. The summed E-state index contributed by atoms with van der Waals surface area (Å²) >= 11 is 0. The van der Waals surface area contributed by atoms with Crippen molar-refractivity contribution >= 4 is 5.97 Å². The lowest BCUT2D eigenvalue weighted by Gasteiger charge is -2.44. The SMILES string of the molecule is C=C1C(=CC=C2CCC[C@]3(C)[C@@H]([C@H](C)CC(=O)O)CC[C@@H]23)C[C@@H](O)C[C@@H]1O. The second kappa shape index (κ2) is 7.92. The molecule has 0 amide bonds. The highest BCUT2D eigenvalue weighted by molar-refractivity contribution is 5.67. The number of rotatable bonds is 4. The molecule has 3 rings (SSSR count). The molecule has 27 heavy (non-hydrogen) atoms. The third kappa shape index (κ3) is 4.07. The lowest BCUT2D eigenvalue weighted by atomic mass is 9.61. The zero-order chi connectivity index (χ0) is 19.8. The minimum atomic E-state index is -0.696. The molecule has 3 aliphatic rings. The first kappa shape index (κ1) is 20.3. The van der Waals surface area contributed by atoms with E-state index >= 15 is 0 Å². The average Bonchev–Trinajstić information content (AvgIpc) is 2.93. The Balaban J connectivity index is 1.80. The van der Waals surface area contributed by atoms with Crippen molar-refractivity contribution in [2.45, 2.75) is 77.4 Å². The molecule has 0 radical (unpaired) electrons. The van der Waals surface area contributed by atoms with E-state index in [0.29, 0.717) is 24.7 Å². The minimum absolute atomic E-state index is 0.181. The van der Waals surface area contributed by atoms with Gasteiger partial charge in [0.25, 0.3) is 0 Å². The van der Waals surface area contributed by atoms with Crippen LogP contribution in [0.3, 0.4) is 0 Å². The third-order valence-electron chi connectivity index (χ3n) is 7.49. The van der Waals surface area contributed by atoms with Gasteiger partial charge in [0.15, 0.2) is 0 Å². The first-order valence-corrected chi connectivity index (χ1v) is 10.4. The fourth-order valence-corrected chi connectivity index (χ4v) is 6.10. The molecule has 3 N–H and O–H groups in total. The van der Waals surface area contributed by atoms with Crippen LogP contribution >= 0.6 is 0 Å². The molecular weight excluding hydrogens is 340 g/mol. The summed E-state index contributed by atoms with van der Waals surface area (Å²) in [5.41, 5.74) is 3.31. The first-order chi connectivity index (χ1) is 12.7. The average molecular weight is 375 g/mol. The number of carboxylic acids is 1. The zero-order valence-electron chi connectivity index (χ0n) is 16.7. The van der Waals surface area contributed by atoms with Crippen molar-refractivity contribution in [1.29, 1.82) is 0 Å². The van der Waals surface area contributed by atoms with E-state index < -0.39 is 18.2 Å². The normalized spacial score (nSPS) is 41.0. The lowest BCUT2D eigenvalue weighted by Crippen LogP contribution is -2.36. The summed E-state index contributed by atoms with van der Waals surface area (Å²) in [6.45, 7) is 8.46. The molecule has 3 aliphatic carbocycles. The van der Waals surface area contributed by atoms with Gasteiger partial charge in [0.05, 0.1) is 12.2 Å². The maximum absolute atomic E-state index is 11.2. The number of aliphatic hydroxyl groups excluding tert-OH is 2. The molecule has 4 heteroatoms. The van der Waals surface area contributed by atoms with E-state index in [0.717, 1.165) is 36.8 Å². The molecule has 0 aromatic rings. The van der Waals surface area contributed by atoms with Gasteiger partial charge in [-0.25, -0.2) is 0 Å². The van der Waals surface area contributed by atoms with Gasteiger partial charge in [0, 0.05) is 12.8 Å². The topological polar surface area (TPSA) is 77.8 Å². The predicted molar refractivity (Wildman–Crippen MR) is 106 cm³/mol. The molecule has 4 nitrogen and oxygen atoms in total. The molecule has 0 aromatic carbocycles. The van der Waals surface area contributed by atoms with Gasteiger partial charge in [-0.2, -0.15) is 0 Å². The Bertz CT molecular complexity index is 661. The van der Waals surface area contributed by atoms with Crippen molar-refractivity contribution < 1.29 is 20.1 Å². The maximum atomic E-state index is 11.2. The van der Waals surface area contributed by atoms with Gasteiger partial charge >= 0.3 is 5.97 Å². The second-order valence-corrected chi connectivity index (χ2v) is 9.24. The molecule has 0 aromatic heterocycles. The van der Waals surface area contributed by atoms with Crippen LogP contribution in [0.1, 0.15) is 65.2 Å². The zero-order valence-corrected chi connectivity index (χ0v) is 16.7.